The molecule has 3 aliphatic carbocycles. The van der Waals surface area contributed by atoms with Crippen molar-refractivity contribution >= 4 is 5.97 Å². The molecular weight excluding hydrogens is 356 g/mol. The predicted octanol–water partition coefficient (Wildman–Crippen LogP) is 8.24. The van der Waals surface area contributed by atoms with Gasteiger partial charge in [-0.1, -0.05) is 71.6 Å². The van der Waals surface area contributed by atoms with Gasteiger partial charge in [0.2, 0.25) is 0 Å². The van der Waals surface area contributed by atoms with Gasteiger partial charge in [-0.15, -0.1) is 0 Å². The largest absolute Gasteiger partial charge is 0.454 e. The van der Waals surface area contributed by atoms with Crippen molar-refractivity contribution in [1.82, 2.24) is 0 Å². The van der Waals surface area contributed by atoms with Crippen molar-refractivity contribution in [3.63, 3.8) is 0 Å². The fourth-order valence-electron chi connectivity index (χ4n) is 6.54. The van der Waals surface area contributed by atoms with E-state index in [9.17, 15) is 4.79 Å². The molecular formula is C27H47O2. The summed E-state index contributed by atoms with van der Waals surface area (Å²) in [6.07, 6.45) is 24.6. The summed E-state index contributed by atoms with van der Waals surface area (Å²) < 4.78 is 6.00. The van der Waals surface area contributed by atoms with Gasteiger partial charge in [-0.3, -0.25) is 4.79 Å². The van der Waals surface area contributed by atoms with Gasteiger partial charge in [-0.05, 0) is 75.5 Å². The molecule has 2 heteroatoms. The summed E-state index contributed by atoms with van der Waals surface area (Å²) >= 11 is 0. The number of unbranched alkanes of at least 4 members (excludes halogenated alkanes) is 2. The van der Waals surface area contributed by atoms with E-state index in [2.05, 4.69) is 13.8 Å². The summed E-state index contributed by atoms with van der Waals surface area (Å²) in [6, 6.07) is 0. The molecule has 167 valence electrons. The number of hydrogen-bond acceptors (Lipinski definition) is 2. The second-order valence-electron chi connectivity index (χ2n) is 10.5. The van der Waals surface area contributed by atoms with E-state index in [1.165, 1.54) is 96.3 Å². The van der Waals surface area contributed by atoms with Crippen LogP contribution in [0.25, 0.3) is 0 Å². The first-order valence-electron chi connectivity index (χ1n) is 13.3. The smallest absolute Gasteiger partial charge is 0.309 e. The summed E-state index contributed by atoms with van der Waals surface area (Å²) in [7, 11) is 0. The third-order valence-corrected chi connectivity index (χ3v) is 8.52. The Morgan fingerprint density at radius 1 is 0.724 bits per heavy atom. The highest BCUT2D eigenvalue weighted by molar-refractivity contribution is 5.73. The van der Waals surface area contributed by atoms with E-state index in [1.54, 1.807) is 0 Å². The molecule has 0 aliphatic heterocycles. The van der Waals surface area contributed by atoms with Gasteiger partial charge in [0, 0.05) is 5.92 Å². The average molecular weight is 404 g/mol. The first-order valence-corrected chi connectivity index (χ1v) is 13.3. The van der Waals surface area contributed by atoms with Crippen LogP contribution in [0, 0.1) is 35.7 Å². The number of hydrogen-bond donors (Lipinski definition) is 0. The lowest BCUT2D eigenvalue weighted by Crippen LogP contribution is -2.31. The molecule has 3 saturated carbocycles. The Balaban J connectivity index is 1.36. The molecule has 0 N–H and O–H groups in total. The molecule has 0 amide bonds. The van der Waals surface area contributed by atoms with Crippen LogP contribution in [0.1, 0.15) is 129 Å². The van der Waals surface area contributed by atoms with Gasteiger partial charge < -0.3 is 4.74 Å². The van der Waals surface area contributed by atoms with E-state index in [4.69, 9.17) is 4.74 Å². The van der Waals surface area contributed by atoms with Gasteiger partial charge in [-0.2, -0.15) is 0 Å². The zero-order chi connectivity index (χ0) is 20.5. The number of ether oxygens (including phenoxy) is 1. The molecule has 3 aliphatic rings. The van der Waals surface area contributed by atoms with Crippen LogP contribution in [0.2, 0.25) is 0 Å². The Hall–Kier alpha value is -0.530. The van der Waals surface area contributed by atoms with Gasteiger partial charge in [0.1, 0.15) is 0 Å². The minimum absolute atomic E-state index is 0.102. The molecule has 1 radical (unpaired) electrons. The molecule has 0 aromatic heterocycles. The number of carbonyl (C=O) groups is 1. The second-order valence-corrected chi connectivity index (χ2v) is 10.5. The molecule has 3 fully saturated rings. The third kappa shape index (κ3) is 7.00. The zero-order valence-electron chi connectivity index (χ0n) is 19.4. The molecule has 29 heavy (non-hydrogen) atoms. The summed E-state index contributed by atoms with van der Waals surface area (Å²) in [5.74, 6) is 3.64. The van der Waals surface area contributed by atoms with Crippen molar-refractivity contribution in [3.8, 4) is 0 Å². The van der Waals surface area contributed by atoms with Crippen LogP contribution in [0.3, 0.4) is 0 Å². The molecule has 0 atom stereocenters. The van der Waals surface area contributed by atoms with Gasteiger partial charge in [-0.25, -0.2) is 0 Å². The van der Waals surface area contributed by atoms with Crippen LogP contribution < -0.4 is 0 Å². The maximum Gasteiger partial charge on any atom is 0.309 e. The Morgan fingerprint density at radius 3 is 1.93 bits per heavy atom. The quantitative estimate of drug-likeness (QED) is 0.286. The van der Waals surface area contributed by atoms with Crippen molar-refractivity contribution in [2.24, 2.45) is 29.6 Å². The van der Waals surface area contributed by atoms with E-state index in [1.807, 2.05) is 0 Å². The fourth-order valence-corrected chi connectivity index (χ4v) is 6.54. The van der Waals surface area contributed by atoms with Crippen LogP contribution in [-0.2, 0) is 9.53 Å². The highest BCUT2D eigenvalue weighted by atomic mass is 16.5. The maximum atomic E-state index is 12.8. The fraction of sp³-hybridized carbons (Fsp3) is 0.926. The standard InChI is InChI=1S/C27H47O2/c1-3-5-7-10-21-13-15-22(16-14-21)23-17-19-25(20-18-23)27(28)29-26(4-2)24-11-8-6-9-12-24/h21-25H,3-20H2,1-2H3. The van der Waals surface area contributed by atoms with Gasteiger partial charge in [0.05, 0.1) is 5.92 Å². The molecule has 0 heterocycles. The molecule has 0 aromatic rings. The van der Waals surface area contributed by atoms with Crippen LogP contribution in [0.4, 0.5) is 0 Å². The third-order valence-electron chi connectivity index (χ3n) is 8.52. The molecule has 0 spiro atoms. The predicted molar refractivity (Wildman–Crippen MR) is 121 cm³/mol. The van der Waals surface area contributed by atoms with E-state index in [-0.39, 0.29) is 11.9 Å². The molecule has 0 aromatic carbocycles. The minimum atomic E-state index is 0.102. The van der Waals surface area contributed by atoms with Crippen molar-refractivity contribution in [3.05, 3.63) is 6.10 Å². The van der Waals surface area contributed by atoms with Crippen molar-refractivity contribution in [1.29, 1.82) is 0 Å². The molecule has 0 saturated heterocycles. The normalized spacial score (nSPS) is 31.7. The molecule has 3 rings (SSSR count). The average Bonchev–Trinajstić information content (AvgIpc) is 2.78. The Bertz CT molecular complexity index is 451. The summed E-state index contributed by atoms with van der Waals surface area (Å²) in [5, 5.41) is 0. The van der Waals surface area contributed by atoms with Gasteiger partial charge in [0.25, 0.3) is 0 Å². The van der Waals surface area contributed by atoms with Crippen LogP contribution in [0.5, 0.6) is 0 Å². The van der Waals surface area contributed by atoms with Crippen molar-refractivity contribution < 1.29 is 9.53 Å². The van der Waals surface area contributed by atoms with E-state index in [0.717, 1.165) is 43.1 Å². The van der Waals surface area contributed by atoms with Crippen LogP contribution in [0.15, 0.2) is 0 Å². The van der Waals surface area contributed by atoms with E-state index < -0.39 is 0 Å². The van der Waals surface area contributed by atoms with Crippen LogP contribution >= 0.6 is 0 Å². The number of carbonyl (C=O) groups excluding carboxylic acids is 1. The molecule has 0 unspecified atom stereocenters. The summed E-state index contributed by atoms with van der Waals surface area (Å²) in [5.41, 5.74) is 0. The first-order chi connectivity index (χ1) is 14.2. The molecule has 2 nitrogen and oxygen atoms in total. The number of rotatable bonds is 9. The first kappa shape index (κ1) is 23.1. The van der Waals surface area contributed by atoms with Crippen molar-refractivity contribution in [2.75, 3.05) is 0 Å². The maximum absolute atomic E-state index is 12.8. The highest BCUT2D eigenvalue weighted by Gasteiger charge is 2.35. The lowest BCUT2D eigenvalue weighted by molar-refractivity contribution is -0.151. The van der Waals surface area contributed by atoms with Crippen molar-refractivity contribution in [2.45, 2.75) is 129 Å². The lowest BCUT2D eigenvalue weighted by atomic mass is 9.68. The lowest BCUT2D eigenvalue weighted by Gasteiger charge is -2.38. The SMILES string of the molecule is CCCCCC1CCC(C2CCC(C(=O)O[C](CC)C3CCCCC3)CC2)CC1. The van der Waals surface area contributed by atoms with Gasteiger partial charge >= 0.3 is 5.97 Å². The topological polar surface area (TPSA) is 26.3 Å². The summed E-state index contributed by atoms with van der Waals surface area (Å²) in [4.78, 5) is 12.8. The van der Waals surface area contributed by atoms with E-state index >= 15 is 0 Å². The Kier molecular flexibility index (Phi) is 9.86. The van der Waals surface area contributed by atoms with Gasteiger partial charge in [0.15, 0.2) is 6.10 Å². The molecule has 0 bridgehead atoms. The zero-order valence-corrected chi connectivity index (χ0v) is 19.4. The van der Waals surface area contributed by atoms with Crippen LogP contribution in [-0.4, -0.2) is 5.97 Å². The van der Waals surface area contributed by atoms with E-state index in [0.29, 0.717) is 5.92 Å². The minimum Gasteiger partial charge on any atom is -0.454 e. The Labute approximate surface area is 180 Å². The monoisotopic (exact) mass is 403 g/mol. The number of esters is 1. The Morgan fingerprint density at radius 2 is 1.34 bits per heavy atom. The second kappa shape index (κ2) is 12.4. The highest BCUT2D eigenvalue weighted by Crippen LogP contribution is 2.43. The summed E-state index contributed by atoms with van der Waals surface area (Å²) in [6.45, 7) is 4.47.